The molecule has 0 unspecified atom stereocenters. The highest BCUT2D eigenvalue weighted by atomic mass is 16.4. The first-order chi connectivity index (χ1) is 9.10. The molecule has 2 aromatic rings. The minimum atomic E-state index is -0.892. The van der Waals surface area contributed by atoms with Gasteiger partial charge in [0.1, 0.15) is 0 Å². The maximum atomic E-state index is 10.8. The molecule has 0 aliphatic rings. The third-order valence-corrected chi connectivity index (χ3v) is 3.02. The molecule has 104 valence electrons. The van der Waals surface area contributed by atoms with Gasteiger partial charge in [-0.1, -0.05) is 51.2 Å². The third kappa shape index (κ3) is 4.43. The third-order valence-electron chi connectivity index (χ3n) is 3.02. The molecule has 19 heavy (non-hydrogen) atoms. The highest BCUT2D eigenvalue weighted by Crippen LogP contribution is 2.19. The summed E-state index contributed by atoms with van der Waals surface area (Å²) in [5, 5.41) is 9.61. The van der Waals surface area contributed by atoms with E-state index in [9.17, 15) is 4.79 Å². The monoisotopic (exact) mass is 261 g/mol. The number of unbranched alkanes of at least 4 members (excludes halogenated alkanes) is 3. The number of rotatable bonds is 4. The van der Waals surface area contributed by atoms with Crippen LogP contribution in [0.15, 0.2) is 24.4 Å². The summed E-state index contributed by atoms with van der Waals surface area (Å²) in [7, 11) is 0. The Morgan fingerprint density at radius 2 is 1.84 bits per heavy atom. The number of carboxylic acid groups (broad SMARTS) is 1. The molecular formula is C16H23NO2. The summed E-state index contributed by atoms with van der Waals surface area (Å²) in [6, 6.07) is 5.71. The fourth-order valence-corrected chi connectivity index (χ4v) is 1.91. The van der Waals surface area contributed by atoms with Crippen molar-refractivity contribution in [2.75, 3.05) is 0 Å². The van der Waals surface area contributed by atoms with Gasteiger partial charge in [-0.3, -0.25) is 0 Å². The van der Waals surface area contributed by atoms with Crippen LogP contribution >= 0.6 is 0 Å². The van der Waals surface area contributed by atoms with Gasteiger partial charge in [0.2, 0.25) is 0 Å². The number of hydrogen-bond donors (Lipinski definition) is 2. The van der Waals surface area contributed by atoms with Crippen LogP contribution in [0.1, 0.15) is 55.5 Å². The van der Waals surface area contributed by atoms with Crippen LogP contribution in [0.5, 0.6) is 0 Å². The van der Waals surface area contributed by atoms with E-state index >= 15 is 0 Å². The molecule has 0 radical (unpaired) electrons. The maximum Gasteiger partial charge on any atom is 0.337 e. The van der Waals surface area contributed by atoms with E-state index in [-0.39, 0.29) is 0 Å². The van der Waals surface area contributed by atoms with Crippen molar-refractivity contribution in [3.05, 3.63) is 35.5 Å². The van der Waals surface area contributed by atoms with Gasteiger partial charge < -0.3 is 10.1 Å². The second-order valence-corrected chi connectivity index (χ2v) is 4.76. The van der Waals surface area contributed by atoms with Crippen molar-refractivity contribution in [2.45, 2.75) is 46.5 Å². The first kappa shape index (κ1) is 15.3. The van der Waals surface area contributed by atoms with Crippen LogP contribution in [-0.2, 0) is 0 Å². The Morgan fingerprint density at radius 1 is 1.21 bits per heavy atom. The molecule has 2 N–H and O–H groups in total. The number of carbonyl (C=O) groups is 1. The van der Waals surface area contributed by atoms with E-state index in [2.05, 4.69) is 18.8 Å². The molecular weight excluding hydrogens is 238 g/mol. The van der Waals surface area contributed by atoms with Crippen LogP contribution in [0.2, 0.25) is 0 Å². The molecule has 0 saturated carbocycles. The normalized spacial score (nSPS) is 10.1. The van der Waals surface area contributed by atoms with Crippen LogP contribution in [0.25, 0.3) is 10.9 Å². The number of H-pyrrole nitrogens is 1. The topological polar surface area (TPSA) is 53.1 Å². The number of aromatic amines is 1. The Kier molecular flexibility index (Phi) is 6.13. The molecule has 0 aliphatic carbocycles. The van der Waals surface area contributed by atoms with Crippen LogP contribution in [0, 0.1) is 6.92 Å². The van der Waals surface area contributed by atoms with E-state index in [0.29, 0.717) is 5.56 Å². The molecule has 0 amide bonds. The summed E-state index contributed by atoms with van der Waals surface area (Å²) in [4.78, 5) is 13.7. The van der Waals surface area contributed by atoms with Gasteiger partial charge >= 0.3 is 5.97 Å². The van der Waals surface area contributed by atoms with Gasteiger partial charge in [0.05, 0.1) is 5.56 Å². The average molecular weight is 261 g/mol. The van der Waals surface area contributed by atoms with Gasteiger partial charge in [-0.05, 0) is 19.1 Å². The van der Waals surface area contributed by atoms with Gasteiger partial charge in [0.25, 0.3) is 0 Å². The number of aryl methyl sites for hydroxylation is 1. The standard InChI is InChI=1S/C10H9NO2.C6H14/c1-6-2-3-9-7(4-6)8(5-11-9)10(12)13;1-3-5-6-4-2/h2-5,11H,1H3,(H,12,13);3-6H2,1-2H3. The second-order valence-electron chi connectivity index (χ2n) is 4.76. The van der Waals surface area contributed by atoms with Gasteiger partial charge in [0.15, 0.2) is 0 Å². The van der Waals surface area contributed by atoms with E-state index in [0.717, 1.165) is 16.5 Å². The smallest absolute Gasteiger partial charge is 0.337 e. The molecule has 0 bridgehead atoms. The Hall–Kier alpha value is -1.77. The molecule has 0 fully saturated rings. The lowest BCUT2D eigenvalue weighted by Crippen LogP contribution is -1.93. The van der Waals surface area contributed by atoms with E-state index in [1.54, 1.807) is 0 Å². The molecule has 1 heterocycles. The van der Waals surface area contributed by atoms with E-state index in [1.165, 1.54) is 31.9 Å². The van der Waals surface area contributed by atoms with Crippen molar-refractivity contribution in [1.29, 1.82) is 0 Å². The lowest BCUT2D eigenvalue weighted by molar-refractivity contribution is 0.0699. The second kappa shape index (κ2) is 7.62. The van der Waals surface area contributed by atoms with Gasteiger partial charge in [0, 0.05) is 17.1 Å². The Balaban J connectivity index is 0.000000258. The summed E-state index contributed by atoms with van der Waals surface area (Å²) in [6.45, 7) is 6.41. The van der Waals surface area contributed by atoms with Crippen molar-refractivity contribution in [1.82, 2.24) is 4.98 Å². The number of benzene rings is 1. The largest absolute Gasteiger partial charge is 0.478 e. The lowest BCUT2D eigenvalue weighted by atomic mass is 10.1. The predicted octanol–water partition coefficient (Wildman–Crippen LogP) is 4.76. The van der Waals surface area contributed by atoms with E-state index < -0.39 is 5.97 Å². The summed E-state index contributed by atoms with van der Waals surface area (Å²) < 4.78 is 0. The highest BCUT2D eigenvalue weighted by molar-refractivity contribution is 6.03. The maximum absolute atomic E-state index is 10.8. The molecule has 3 nitrogen and oxygen atoms in total. The number of hydrogen-bond acceptors (Lipinski definition) is 1. The number of aromatic carboxylic acids is 1. The summed E-state index contributed by atoms with van der Waals surface area (Å²) >= 11 is 0. The Labute approximate surface area is 114 Å². The van der Waals surface area contributed by atoms with Gasteiger partial charge in [-0.25, -0.2) is 4.79 Å². The number of fused-ring (bicyclic) bond motifs is 1. The van der Waals surface area contributed by atoms with Crippen molar-refractivity contribution in [3.63, 3.8) is 0 Å². The number of carboxylic acids is 1. The quantitative estimate of drug-likeness (QED) is 0.779. The molecule has 0 saturated heterocycles. The van der Waals surface area contributed by atoms with Crippen LogP contribution in [0.4, 0.5) is 0 Å². The predicted molar refractivity (Wildman–Crippen MR) is 79.8 cm³/mol. The summed E-state index contributed by atoms with van der Waals surface area (Å²) in [5.74, 6) is -0.892. The minimum absolute atomic E-state index is 0.332. The Morgan fingerprint density at radius 3 is 2.37 bits per heavy atom. The molecule has 0 aliphatic heterocycles. The fourth-order valence-electron chi connectivity index (χ4n) is 1.91. The zero-order chi connectivity index (χ0) is 14.3. The Bertz CT molecular complexity index is 525. The zero-order valence-electron chi connectivity index (χ0n) is 12.0. The van der Waals surface area contributed by atoms with Crippen LogP contribution < -0.4 is 0 Å². The first-order valence-corrected chi connectivity index (χ1v) is 6.91. The molecule has 0 spiro atoms. The number of aromatic nitrogens is 1. The molecule has 1 aromatic carbocycles. The van der Waals surface area contributed by atoms with E-state index in [4.69, 9.17) is 5.11 Å². The molecule has 0 atom stereocenters. The zero-order valence-corrected chi connectivity index (χ0v) is 12.0. The highest BCUT2D eigenvalue weighted by Gasteiger charge is 2.09. The number of nitrogens with one attached hydrogen (secondary N) is 1. The van der Waals surface area contributed by atoms with Crippen molar-refractivity contribution >= 4 is 16.9 Å². The fraction of sp³-hybridized carbons (Fsp3) is 0.438. The molecule has 2 rings (SSSR count). The average Bonchev–Trinajstić information content (AvgIpc) is 2.80. The molecule has 1 aromatic heterocycles. The SMILES string of the molecule is CCCCCC.Cc1ccc2[nH]cc(C(=O)O)c2c1. The minimum Gasteiger partial charge on any atom is -0.478 e. The van der Waals surface area contributed by atoms with Crippen molar-refractivity contribution < 1.29 is 9.90 Å². The molecule has 3 heteroatoms. The van der Waals surface area contributed by atoms with E-state index in [1.807, 2.05) is 25.1 Å². The van der Waals surface area contributed by atoms with Crippen molar-refractivity contribution in [3.8, 4) is 0 Å². The summed E-state index contributed by atoms with van der Waals surface area (Å²) in [5.41, 5.74) is 2.26. The van der Waals surface area contributed by atoms with Gasteiger partial charge in [-0.15, -0.1) is 0 Å². The van der Waals surface area contributed by atoms with Crippen LogP contribution in [0.3, 0.4) is 0 Å². The van der Waals surface area contributed by atoms with Crippen LogP contribution in [-0.4, -0.2) is 16.1 Å². The summed E-state index contributed by atoms with van der Waals surface area (Å²) in [6.07, 6.45) is 7.06. The lowest BCUT2D eigenvalue weighted by Gasteiger charge is -1.94. The first-order valence-electron chi connectivity index (χ1n) is 6.91. The van der Waals surface area contributed by atoms with Crippen molar-refractivity contribution in [2.24, 2.45) is 0 Å². The van der Waals surface area contributed by atoms with Gasteiger partial charge in [-0.2, -0.15) is 0 Å².